The summed E-state index contributed by atoms with van der Waals surface area (Å²) in [4.78, 5) is 14.4. The molecule has 0 N–H and O–H groups in total. The second-order valence-electron chi connectivity index (χ2n) is 3.43. The predicted molar refractivity (Wildman–Crippen MR) is 59.7 cm³/mol. The van der Waals surface area contributed by atoms with Gasteiger partial charge < -0.3 is 0 Å². The van der Waals surface area contributed by atoms with Crippen molar-refractivity contribution >= 4 is 6.29 Å². The van der Waals surface area contributed by atoms with Gasteiger partial charge in [-0.2, -0.15) is 5.26 Å². The molecule has 0 radical (unpaired) electrons. The van der Waals surface area contributed by atoms with Gasteiger partial charge >= 0.3 is 0 Å². The van der Waals surface area contributed by atoms with Crippen molar-refractivity contribution in [2.24, 2.45) is 0 Å². The van der Waals surface area contributed by atoms with Crippen LogP contribution in [0.2, 0.25) is 0 Å². The summed E-state index contributed by atoms with van der Waals surface area (Å²) < 4.78 is 13.4. The number of nitrogens with zero attached hydrogens (tertiary/aromatic N) is 2. The third-order valence-corrected chi connectivity index (χ3v) is 2.33. The predicted octanol–water partition coefficient (Wildman–Crippen LogP) is 2.57. The molecule has 4 heteroatoms. The number of aldehydes is 1. The van der Waals surface area contributed by atoms with Crippen LogP contribution < -0.4 is 0 Å². The van der Waals surface area contributed by atoms with Crippen LogP contribution in [0.1, 0.15) is 15.9 Å². The summed E-state index contributed by atoms with van der Waals surface area (Å²) in [6.45, 7) is 0. The van der Waals surface area contributed by atoms with Gasteiger partial charge in [-0.1, -0.05) is 6.07 Å². The highest BCUT2D eigenvalue weighted by atomic mass is 19.1. The van der Waals surface area contributed by atoms with E-state index in [1.165, 1.54) is 24.5 Å². The fourth-order valence-electron chi connectivity index (χ4n) is 1.46. The summed E-state index contributed by atoms with van der Waals surface area (Å²) in [5.41, 5.74) is 1.64. The number of hydrogen-bond acceptors (Lipinski definition) is 3. The molecule has 0 aliphatic heterocycles. The van der Waals surface area contributed by atoms with Crippen molar-refractivity contribution in [2.45, 2.75) is 0 Å². The fraction of sp³-hybridized carbons (Fsp3) is 0. The van der Waals surface area contributed by atoms with Crippen molar-refractivity contribution in [1.29, 1.82) is 5.26 Å². The van der Waals surface area contributed by atoms with Crippen molar-refractivity contribution in [3.63, 3.8) is 0 Å². The highest BCUT2D eigenvalue weighted by molar-refractivity contribution is 5.77. The second-order valence-corrected chi connectivity index (χ2v) is 3.43. The minimum atomic E-state index is -0.583. The van der Waals surface area contributed by atoms with E-state index in [0.717, 1.165) is 0 Å². The Morgan fingerprint density at radius 2 is 2.06 bits per heavy atom. The lowest BCUT2D eigenvalue weighted by Gasteiger charge is -2.02. The standard InChI is InChI=1S/C13H7FN2O/c14-13-4-10(1-2-11(13)8-17)12-3-9(5-15)6-16-7-12/h1-4,6-8H. The third-order valence-electron chi connectivity index (χ3n) is 2.33. The Morgan fingerprint density at radius 3 is 2.71 bits per heavy atom. The largest absolute Gasteiger partial charge is 0.298 e. The van der Waals surface area contributed by atoms with E-state index in [4.69, 9.17) is 5.26 Å². The molecule has 1 aromatic carbocycles. The summed E-state index contributed by atoms with van der Waals surface area (Å²) in [6, 6.07) is 7.84. The van der Waals surface area contributed by atoms with E-state index >= 15 is 0 Å². The maximum Gasteiger partial charge on any atom is 0.152 e. The second kappa shape index (κ2) is 4.54. The Bertz CT molecular complexity index is 617. The van der Waals surface area contributed by atoms with Gasteiger partial charge in [-0.15, -0.1) is 0 Å². The van der Waals surface area contributed by atoms with E-state index in [1.54, 1.807) is 12.1 Å². The SMILES string of the molecule is N#Cc1cncc(-c2ccc(C=O)c(F)c2)c1. The normalized spacial score (nSPS) is 9.65. The molecular formula is C13H7FN2O. The van der Waals surface area contributed by atoms with Crippen molar-refractivity contribution in [3.8, 4) is 17.2 Å². The first kappa shape index (κ1) is 11.0. The van der Waals surface area contributed by atoms with Gasteiger partial charge in [0.1, 0.15) is 11.9 Å². The molecule has 0 saturated heterocycles. The highest BCUT2D eigenvalue weighted by Gasteiger charge is 2.05. The van der Waals surface area contributed by atoms with Crippen LogP contribution in [0.3, 0.4) is 0 Å². The van der Waals surface area contributed by atoms with E-state index in [9.17, 15) is 9.18 Å². The molecule has 0 aliphatic carbocycles. The third kappa shape index (κ3) is 2.18. The van der Waals surface area contributed by atoms with Crippen LogP contribution in [0, 0.1) is 17.1 Å². The lowest BCUT2D eigenvalue weighted by molar-refractivity contribution is 0.112. The number of hydrogen-bond donors (Lipinski definition) is 0. The zero-order chi connectivity index (χ0) is 12.3. The molecule has 1 heterocycles. The van der Waals surface area contributed by atoms with Crippen LogP contribution >= 0.6 is 0 Å². The number of pyridine rings is 1. The molecule has 82 valence electrons. The smallest absolute Gasteiger partial charge is 0.152 e. The Labute approximate surface area is 97.2 Å². The Kier molecular flexibility index (Phi) is 2.93. The van der Waals surface area contributed by atoms with E-state index in [1.807, 2.05) is 6.07 Å². The first-order valence-corrected chi connectivity index (χ1v) is 4.85. The van der Waals surface area contributed by atoms with Gasteiger partial charge in [0.15, 0.2) is 6.29 Å². The zero-order valence-corrected chi connectivity index (χ0v) is 8.72. The number of carbonyl (C=O) groups is 1. The maximum atomic E-state index is 13.4. The maximum absolute atomic E-state index is 13.4. The average Bonchev–Trinajstić information content (AvgIpc) is 2.38. The highest BCUT2D eigenvalue weighted by Crippen LogP contribution is 2.21. The molecule has 0 spiro atoms. The van der Waals surface area contributed by atoms with Gasteiger partial charge in [0.05, 0.1) is 11.1 Å². The molecule has 0 unspecified atom stereocenters. The molecular weight excluding hydrogens is 219 g/mol. The number of carbonyl (C=O) groups excluding carboxylic acids is 1. The molecule has 0 atom stereocenters. The van der Waals surface area contributed by atoms with Crippen molar-refractivity contribution in [1.82, 2.24) is 4.98 Å². The van der Waals surface area contributed by atoms with E-state index in [2.05, 4.69) is 4.98 Å². The molecule has 0 bridgehead atoms. The molecule has 0 aliphatic rings. The van der Waals surface area contributed by atoms with E-state index in [-0.39, 0.29) is 5.56 Å². The first-order chi connectivity index (χ1) is 8.24. The Hall–Kier alpha value is -2.54. The lowest BCUT2D eigenvalue weighted by Crippen LogP contribution is -1.89. The molecule has 1 aromatic heterocycles. The van der Waals surface area contributed by atoms with Crippen LogP contribution in [0.25, 0.3) is 11.1 Å². The van der Waals surface area contributed by atoms with E-state index in [0.29, 0.717) is 23.0 Å². The number of halogens is 1. The zero-order valence-electron chi connectivity index (χ0n) is 8.72. The molecule has 0 amide bonds. The Balaban J connectivity index is 2.50. The summed E-state index contributed by atoms with van der Waals surface area (Å²) >= 11 is 0. The first-order valence-electron chi connectivity index (χ1n) is 4.85. The monoisotopic (exact) mass is 226 g/mol. The van der Waals surface area contributed by atoms with Crippen LogP contribution in [0.15, 0.2) is 36.7 Å². The number of nitriles is 1. The molecule has 2 aromatic rings. The summed E-state index contributed by atoms with van der Waals surface area (Å²) in [7, 11) is 0. The minimum absolute atomic E-state index is 0.0122. The molecule has 2 rings (SSSR count). The minimum Gasteiger partial charge on any atom is -0.298 e. The molecule has 0 saturated carbocycles. The van der Waals surface area contributed by atoms with Crippen LogP contribution in [-0.4, -0.2) is 11.3 Å². The number of rotatable bonds is 2. The van der Waals surface area contributed by atoms with Gasteiger partial charge in [-0.25, -0.2) is 4.39 Å². The fourth-order valence-corrected chi connectivity index (χ4v) is 1.46. The van der Waals surface area contributed by atoms with Gasteiger partial charge in [-0.05, 0) is 23.8 Å². The molecule has 0 fully saturated rings. The average molecular weight is 226 g/mol. The number of aromatic nitrogens is 1. The van der Waals surface area contributed by atoms with Crippen LogP contribution in [0.4, 0.5) is 4.39 Å². The topological polar surface area (TPSA) is 53.8 Å². The Morgan fingerprint density at radius 1 is 1.24 bits per heavy atom. The summed E-state index contributed by atoms with van der Waals surface area (Å²) in [5.74, 6) is -0.583. The van der Waals surface area contributed by atoms with Crippen molar-refractivity contribution < 1.29 is 9.18 Å². The van der Waals surface area contributed by atoms with Gasteiger partial charge in [0.25, 0.3) is 0 Å². The van der Waals surface area contributed by atoms with Gasteiger partial charge in [0, 0.05) is 18.0 Å². The quantitative estimate of drug-likeness (QED) is 0.739. The van der Waals surface area contributed by atoms with Gasteiger partial charge in [0.2, 0.25) is 0 Å². The lowest BCUT2D eigenvalue weighted by atomic mass is 10.0. The van der Waals surface area contributed by atoms with Gasteiger partial charge in [-0.3, -0.25) is 9.78 Å². The van der Waals surface area contributed by atoms with E-state index < -0.39 is 5.82 Å². The summed E-state index contributed by atoms with van der Waals surface area (Å²) in [5, 5.41) is 8.74. The van der Waals surface area contributed by atoms with Crippen LogP contribution in [0.5, 0.6) is 0 Å². The van der Waals surface area contributed by atoms with Crippen molar-refractivity contribution in [3.05, 3.63) is 53.6 Å². The van der Waals surface area contributed by atoms with Crippen LogP contribution in [-0.2, 0) is 0 Å². The van der Waals surface area contributed by atoms with Crippen molar-refractivity contribution in [2.75, 3.05) is 0 Å². The number of benzene rings is 1. The molecule has 17 heavy (non-hydrogen) atoms. The molecule has 3 nitrogen and oxygen atoms in total. The summed E-state index contributed by atoms with van der Waals surface area (Å²) in [6.07, 6.45) is 3.43.